The Morgan fingerprint density at radius 2 is 1.85 bits per heavy atom. The molecule has 0 radical (unpaired) electrons. The molecule has 2 atom stereocenters. The van der Waals surface area contributed by atoms with Crippen LogP contribution in [-0.4, -0.2) is 32.8 Å². The number of hydrogen-bond acceptors (Lipinski definition) is 3. The maximum absolute atomic E-state index is 5.76. The molecule has 0 amide bonds. The average molecular weight is 188 g/mol. The van der Waals surface area contributed by atoms with Gasteiger partial charge < -0.3 is 15.8 Å². The molecule has 0 fully saturated rings. The zero-order valence-electron chi connectivity index (χ0n) is 9.34. The van der Waals surface area contributed by atoms with Gasteiger partial charge in [-0.15, -0.1) is 0 Å². The number of methoxy groups -OCH3 is 1. The molecule has 0 spiro atoms. The zero-order chi connectivity index (χ0) is 10.3. The van der Waals surface area contributed by atoms with Crippen LogP contribution in [0.15, 0.2) is 0 Å². The molecule has 0 aliphatic heterocycles. The third kappa shape index (κ3) is 6.99. The lowest BCUT2D eigenvalue weighted by molar-refractivity contribution is 0.178. The van der Waals surface area contributed by atoms with Crippen molar-refractivity contribution in [3.8, 4) is 0 Å². The van der Waals surface area contributed by atoms with Gasteiger partial charge in [-0.05, 0) is 18.4 Å². The fourth-order valence-corrected chi connectivity index (χ4v) is 1.01. The van der Waals surface area contributed by atoms with E-state index < -0.39 is 0 Å². The van der Waals surface area contributed by atoms with E-state index in [2.05, 4.69) is 26.1 Å². The Kier molecular flexibility index (Phi) is 7.23. The molecule has 0 rings (SSSR count). The van der Waals surface area contributed by atoms with Crippen LogP contribution in [0.5, 0.6) is 0 Å². The molecule has 0 heterocycles. The molecule has 0 bridgehead atoms. The Hall–Kier alpha value is -0.120. The summed E-state index contributed by atoms with van der Waals surface area (Å²) in [6, 6.07) is 0.115. The molecule has 0 saturated heterocycles. The van der Waals surface area contributed by atoms with Crippen LogP contribution in [0.25, 0.3) is 0 Å². The van der Waals surface area contributed by atoms with E-state index in [4.69, 9.17) is 10.5 Å². The highest BCUT2D eigenvalue weighted by Gasteiger charge is 2.07. The average Bonchev–Trinajstić information content (AvgIpc) is 2.04. The van der Waals surface area contributed by atoms with Gasteiger partial charge in [-0.1, -0.05) is 20.8 Å². The van der Waals surface area contributed by atoms with Crippen molar-refractivity contribution in [3.63, 3.8) is 0 Å². The molecule has 0 aliphatic carbocycles. The Labute approximate surface area is 82.0 Å². The first kappa shape index (κ1) is 12.9. The fraction of sp³-hybridized carbons (Fsp3) is 1.00. The second-order valence-corrected chi connectivity index (χ2v) is 4.09. The summed E-state index contributed by atoms with van der Waals surface area (Å²) in [6.45, 7) is 9.23. The minimum absolute atomic E-state index is 0.115. The molecule has 3 N–H and O–H groups in total. The van der Waals surface area contributed by atoms with Gasteiger partial charge in [0.15, 0.2) is 0 Å². The second kappa shape index (κ2) is 7.30. The molecular weight excluding hydrogens is 164 g/mol. The van der Waals surface area contributed by atoms with Crippen LogP contribution in [-0.2, 0) is 4.74 Å². The largest absolute Gasteiger partial charge is 0.383 e. The predicted octanol–water partition coefficient (Wildman–Crippen LogP) is 0.842. The topological polar surface area (TPSA) is 47.3 Å². The van der Waals surface area contributed by atoms with E-state index in [1.165, 1.54) is 0 Å². The quantitative estimate of drug-likeness (QED) is 0.622. The van der Waals surface area contributed by atoms with Gasteiger partial charge in [-0.3, -0.25) is 0 Å². The SMILES string of the molecule is COCC(N)CNCC(C)C(C)C. The van der Waals surface area contributed by atoms with Gasteiger partial charge in [0.25, 0.3) is 0 Å². The van der Waals surface area contributed by atoms with Crippen LogP contribution in [0.1, 0.15) is 20.8 Å². The first-order valence-electron chi connectivity index (χ1n) is 5.03. The lowest BCUT2D eigenvalue weighted by Crippen LogP contribution is -2.39. The minimum Gasteiger partial charge on any atom is -0.383 e. The van der Waals surface area contributed by atoms with Gasteiger partial charge in [0.1, 0.15) is 0 Å². The molecule has 2 unspecified atom stereocenters. The normalized spacial score (nSPS) is 16.2. The molecule has 13 heavy (non-hydrogen) atoms. The van der Waals surface area contributed by atoms with Crippen molar-refractivity contribution in [1.82, 2.24) is 5.32 Å². The smallest absolute Gasteiger partial charge is 0.0626 e. The van der Waals surface area contributed by atoms with Crippen LogP contribution >= 0.6 is 0 Å². The van der Waals surface area contributed by atoms with Crippen molar-refractivity contribution in [3.05, 3.63) is 0 Å². The molecule has 0 aromatic carbocycles. The van der Waals surface area contributed by atoms with Crippen LogP contribution in [0, 0.1) is 11.8 Å². The molecule has 3 nitrogen and oxygen atoms in total. The summed E-state index contributed by atoms with van der Waals surface area (Å²) in [5.41, 5.74) is 5.76. The third-order valence-corrected chi connectivity index (χ3v) is 2.39. The third-order valence-electron chi connectivity index (χ3n) is 2.39. The van der Waals surface area contributed by atoms with Crippen LogP contribution < -0.4 is 11.1 Å². The van der Waals surface area contributed by atoms with Crippen LogP contribution in [0.4, 0.5) is 0 Å². The van der Waals surface area contributed by atoms with Crippen molar-refractivity contribution in [1.29, 1.82) is 0 Å². The van der Waals surface area contributed by atoms with Gasteiger partial charge >= 0.3 is 0 Å². The van der Waals surface area contributed by atoms with Gasteiger partial charge in [0.2, 0.25) is 0 Å². The van der Waals surface area contributed by atoms with E-state index in [1.54, 1.807) is 7.11 Å². The van der Waals surface area contributed by atoms with Gasteiger partial charge in [-0.25, -0.2) is 0 Å². The van der Waals surface area contributed by atoms with Crippen LogP contribution in [0.3, 0.4) is 0 Å². The summed E-state index contributed by atoms with van der Waals surface area (Å²) in [5, 5.41) is 3.35. The number of hydrogen-bond donors (Lipinski definition) is 2. The first-order chi connectivity index (χ1) is 6.07. The van der Waals surface area contributed by atoms with E-state index in [0.717, 1.165) is 19.0 Å². The Bertz CT molecular complexity index is 117. The molecule has 0 saturated carbocycles. The second-order valence-electron chi connectivity index (χ2n) is 4.09. The Balaban J connectivity index is 3.33. The number of nitrogens with two attached hydrogens (primary N) is 1. The predicted molar refractivity (Wildman–Crippen MR) is 56.7 cm³/mol. The van der Waals surface area contributed by atoms with Crippen molar-refractivity contribution in [2.24, 2.45) is 17.6 Å². The highest BCUT2D eigenvalue weighted by atomic mass is 16.5. The maximum Gasteiger partial charge on any atom is 0.0626 e. The summed E-state index contributed by atoms with van der Waals surface area (Å²) < 4.78 is 4.94. The summed E-state index contributed by atoms with van der Waals surface area (Å²) in [5.74, 6) is 1.43. The highest BCUT2D eigenvalue weighted by molar-refractivity contribution is 4.66. The minimum atomic E-state index is 0.115. The number of nitrogens with one attached hydrogen (secondary N) is 1. The van der Waals surface area contributed by atoms with Gasteiger partial charge in [0.05, 0.1) is 6.61 Å². The number of ether oxygens (including phenoxy) is 1. The van der Waals surface area contributed by atoms with Crippen molar-refractivity contribution in [2.75, 3.05) is 26.8 Å². The first-order valence-corrected chi connectivity index (χ1v) is 5.03. The zero-order valence-corrected chi connectivity index (χ0v) is 9.34. The summed E-state index contributed by atoms with van der Waals surface area (Å²) in [6.07, 6.45) is 0. The standard InChI is InChI=1S/C10H24N2O/c1-8(2)9(3)5-12-6-10(11)7-13-4/h8-10,12H,5-7,11H2,1-4H3. The van der Waals surface area contributed by atoms with Crippen LogP contribution in [0.2, 0.25) is 0 Å². The van der Waals surface area contributed by atoms with Gasteiger partial charge in [0, 0.05) is 19.7 Å². The molecule has 80 valence electrons. The molecule has 3 heteroatoms. The molecule has 0 aliphatic rings. The van der Waals surface area contributed by atoms with E-state index in [0.29, 0.717) is 12.5 Å². The monoisotopic (exact) mass is 188 g/mol. The number of rotatable bonds is 7. The highest BCUT2D eigenvalue weighted by Crippen LogP contribution is 2.07. The van der Waals surface area contributed by atoms with E-state index in [9.17, 15) is 0 Å². The van der Waals surface area contributed by atoms with Crippen molar-refractivity contribution in [2.45, 2.75) is 26.8 Å². The summed E-state index contributed by atoms with van der Waals surface area (Å²) in [4.78, 5) is 0. The Morgan fingerprint density at radius 3 is 2.31 bits per heavy atom. The van der Waals surface area contributed by atoms with Gasteiger partial charge in [-0.2, -0.15) is 0 Å². The fourth-order valence-electron chi connectivity index (χ4n) is 1.01. The van der Waals surface area contributed by atoms with Crippen molar-refractivity contribution < 1.29 is 4.74 Å². The molecule has 0 aromatic rings. The summed E-state index contributed by atoms with van der Waals surface area (Å²) in [7, 11) is 1.68. The Morgan fingerprint density at radius 1 is 1.23 bits per heavy atom. The lowest BCUT2D eigenvalue weighted by Gasteiger charge is -2.18. The molecule has 0 aromatic heterocycles. The van der Waals surface area contributed by atoms with E-state index in [-0.39, 0.29) is 6.04 Å². The van der Waals surface area contributed by atoms with E-state index in [1.807, 2.05) is 0 Å². The van der Waals surface area contributed by atoms with E-state index >= 15 is 0 Å². The lowest BCUT2D eigenvalue weighted by atomic mass is 9.98. The van der Waals surface area contributed by atoms with Crippen molar-refractivity contribution >= 4 is 0 Å². The maximum atomic E-state index is 5.76. The summed E-state index contributed by atoms with van der Waals surface area (Å²) >= 11 is 0. The molecular formula is C10H24N2O.